The van der Waals surface area contributed by atoms with Gasteiger partial charge in [-0.05, 0) is 13.8 Å². The van der Waals surface area contributed by atoms with Gasteiger partial charge in [-0.2, -0.15) is 22.0 Å². The summed E-state index contributed by atoms with van der Waals surface area (Å²) >= 11 is 0. The first-order valence-corrected chi connectivity index (χ1v) is 4.77. The molecule has 0 aliphatic carbocycles. The average Bonchev–Trinajstić information content (AvgIpc) is 2.15. The molecule has 0 aromatic heterocycles. The maximum absolute atomic E-state index is 12.4. The fraction of sp³-hybridized carbons (Fsp3) is 1.00. The molecule has 0 saturated carbocycles. The quantitative estimate of drug-likeness (QED) is 0.747. The van der Waals surface area contributed by atoms with Gasteiger partial charge in [-0.1, -0.05) is 0 Å². The number of hydrogen-bond acceptors (Lipinski definition) is 3. The largest absolute Gasteiger partial charge is 0.455 e. The highest BCUT2D eigenvalue weighted by molar-refractivity contribution is 4.83. The van der Waals surface area contributed by atoms with Crippen LogP contribution in [0.2, 0.25) is 0 Å². The number of methoxy groups -OCH3 is 1. The van der Waals surface area contributed by atoms with Crippen LogP contribution in [0.5, 0.6) is 0 Å². The van der Waals surface area contributed by atoms with Crippen molar-refractivity contribution in [2.45, 2.75) is 37.6 Å². The molecule has 1 atom stereocenters. The lowest BCUT2D eigenvalue weighted by molar-refractivity contribution is -0.297. The van der Waals surface area contributed by atoms with Gasteiger partial charge in [0, 0.05) is 7.11 Å². The smallest absolute Gasteiger partial charge is 0.377 e. The molecule has 0 rings (SSSR count). The van der Waals surface area contributed by atoms with E-state index in [2.05, 4.69) is 4.74 Å². The van der Waals surface area contributed by atoms with Gasteiger partial charge in [0.05, 0.1) is 18.2 Å². The fourth-order valence-electron chi connectivity index (χ4n) is 0.748. The molecule has 0 fully saturated rings. The molecule has 0 amide bonds. The highest BCUT2D eigenvalue weighted by atomic mass is 19.4. The molecule has 0 aliphatic rings. The van der Waals surface area contributed by atoms with Crippen molar-refractivity contribution < 1.29 is 31.4 Å². The highest BCUT2D eigenvalue weighted by Gasteiger charge is 2.57. The van der Waals surface area contributed by atoms with Crippen molar-refractivity contribution in [3.63, 3.8) is 0 Å². The topological polar surface area (TPSA) is 44.5 Å². The summed E-state index contributed by atoms with van der Waals surface area (Å²) in [5.74, 6) is -4.87. The molecule has 0 saturated heterocycles. The minimum Gasteiger partial charge on any atom is -0.377 e. The van der Waals surface area contributed by atoms with Gasteiger partial charge in [0.1, 0.15) is 6.61 Å². The van der Waals surface area contributed by atoms with Gasteiger partial charge in [0.2, 0.25) is 0 Å². The van der Waals surface area contributed by atoms with Crippen LogP contribution in [0.1, 0.15) is 13.8 Å². The summed E-state index contributed by atoms with van der Waals surface area (Å²) in [6, 6.07) is -0.809. The summed E-state index contributed by atoms with van der Waals surface area (Å²) < 4.78 is 69.4. The predicted molar refractivity (Wildman–Crippen MR) is 50.9 cm³/mol. The number of nitrogens with two attached hydrogens (primary N) is 1. The molecule has 1 unspecified atom stereocenters. The second-order valence-corrected chi connectivity index (χ2v) is 4.13. The van der Waals surface area contributed by atoms with Gasteiger partial charge >= 0.3 is 12.1 Å². The normalized spacial score (nSPS) is 16.1. The Morgan fingerprint density at radius 1 is 1.12 bits per heavy atom. The van der Waals surface area contributed by atoms with Gasteiger partial charge in [0.25, 0.3) is 0 Å². The number of ether oxygens (including phenoxy) is 2. The van der Waals surface area contributed by atoms with Gasteiger partial charge in [-0.15, -0.1) is 0 Å². The van der Waals surface area contributed by atoms with E-state index in [4.69, 9.17) is 10.5 Å². The molecule has 0 bridgehead atoms. The molecule has 0 heterocycles. The van der Waals surface area contributed by atoms with Gasteiger partial charge in [0.15, 0.2) is 0 Å². The van der Waals surface area contributed by atoms with Crippen LogP contribution in [0.15, 0.2) is 0 Å². The standard InChI is InChI=1S/C9H16F5NO2/c1-7(2,16-3)6(15)4-17-5-8(10,11)9(12,13)14/h6H,4-5,15H2,1-3H3. The van der Waals surface area contributed by atoms with Crippen LogP contribution >= 0.6 is 0 Å². The first-order valence-electron chi connectivity index (χ1n) is 4.77. The summed E-state index contributed by atoms with van der Waals surface area (Å²) in [5.41, 5.74) is 4.66. The Hall–Kier alpha value is -0.470. The molecular weight excluding hydrogens is 249 g/mol. The van der Waals surface area contributed by atoms with E-state index in [0.29, 0.717) is 0 Å². The third-order valence-electron chi connectivity index (χ3n) is 2.41. The summed E-state index contributed by atoms with van der Waals surface area (Å²) in [5, 5.41) is 0. The van der Waals surface area contributed by atoms with E-state index < -0.39 is 37.0 Å². The molecule has 0 radical (unpaired) electrons. The minimum atomic E-state index is -5.62. The maximum Gasteiger partial charge on any atom is 0.455 e. The third-order valence-corrected chi connectivity index (χ3v) is 2.41. The minimum absolute atomic E-state index is 0.452. The Labute approximate surface area is 96.1 Å². The van der Waals surface area contributed by atoms with Crippen LogP contribution in [-0.2, 0) is 9.47 Å². The Morgan fingerprint density at radius 2 is 1.59 bits per heavy atom. The van der Waals surface area contributed by atoms with Crippen molar-refractivity contribution in [2.24, 2.45) is 5.73 Å². The lowest BCUT2D eigenvalue weighted by atomic mass is 10.0. The fourth-order valence-corrected chi connectivity index (χ4v) is 0.748. The lowest BCUT2D eigenvalue weighted by Gasteiger charge is -2.30. The van der Waals surface area contributed by atoms with Gasteiger partial charge in [-0.3, -0.25) is 0 Å². The van der Waals surface area contributed by atoms with Crippen molar-refractivity contribution in [1.29, 1.82) is 0 Å². The zero-order valence-corrected chi connectivity index (χ0v) is 9.78. The number of alkyl halides is 5. The first-order chi connectivity index (χ1) is 7.44. The molecular formula is C9H16F5NO2. The molecule has 3 nitrogen and oxygen atoms in total. The Morgan fingerprint density at radius 3 is 1.94 bits per heavy atom. The number of hydrogen-bond donors (Lipinski definition) is 1. The summed E-state index contributed by atoms with van der Waals surface area (Å²) in [4.78, 5) is 0. The molecule has 8 heteroatoms. The van der Waals surface area contributed by atoms with Crippen LogP contribution in [-0.4, -0.2) is 44.1 Å². The van der Waals surface area contributed by atoms with Crippen LogP contribution in [0.4, 0.5) is 22.0 Å². The molecule has 0 aromatic rings. The van der Waals surface area contributed by atoms with Crippen LogP contribution in [0.3, 0.4) is 0 Å². The average molecular weight is 265 g/mol. The number of rotatable bonds is 6. The van der Waals surface area contributed by atoms with Crippen LogP contribution < -0.4 is 5.73 Å². The van der Waals surface area contributed by atoms with E-state index in [9.17, 15) is 22.0 Å². The Kier molecular flexibility index (Phi) is 5.30. The summed E-state index contributed by atoms with van der Waals surface area (Å²) in [6.45, 7) is 0.947. The molecule has 0 aliphatic heterocycles. The van der Waals surface area contributed by atoms with Crippen molar-refractivity contribution in [1.82, 2.24) is 0 Å². The maximum atomic E-state index is 12.4. The Balaban J connectivity index is 4.17. The first kappa shape index (κ1) is 16.5. The zero-order chi connectivity index (χ0) is 13.9. The van der Waals surface area contributed by atoms with Crippen LogP contribution in [0.25, 0.3) is 0 Å². The van der Waals surface area contributed by atoms with E-state index >= 15 is 0 Å². The molecule has 17 heavy (non-hydrogen) atoms. The van der Waals surface area contributed by atoms with E-state index in [0.717, 1.165) is 0 Å². The second kappa shape index (κ2) is 5.45. The Bertz CT molecular complexity index is 242. The van der Waals surface area contributed by atoms with E-state index in [-0.39, 0.29) is 0 Å². The van der Waals surface area contributed by atoms with E-state index in [1.54, 1.807) is 13.8 Å². The molecule has 0 aromatic carbocycles. The van der Waals surface area contributed by atoms with E-state index in [1.807, 2.05) is 0 Å². The van der Waals surface area contributed by atoms with Crippen molar-refractivity contribution in [3.8, 4) is 0 Å². The summed E-state index contributed by atoms with van der Waals surface area (Å²) in [6.07, 6.45) is -5.62. The highest BCUT2D eigenvalue weighted by Crippen LogP contribution is 2.35. The van der Waals surface area contributed by atoms with Crippen molar-refractivity contribution in [2.75, 3.05) is 20.3 Å². The lowest BCUT2D eigenvalue weighted by Crippen LogP contribution is -2.49. The second-order valence-electron chi connectivity index (χ2n) is 4.13. The SMILES string of the molecule is COC(C)(C)C(N)COCC(F)(F)C(F)(F)F. The predicted octanol–water partition coefficient (Wildman–Crippen LogP) is 1.95. The molecule has 0 spiro atoms. The summed E-state index contributed by atoms with van der Waals surface area (Å²) in [7, 11) is 1.35. The van der Waals surface area contributed by atoms with E-state index in [1.165, 1.54) is 7.11 Å². The number of halogens is 5. The van der Waals surface area contributed by atoms with Gasteiger partial charge < -0.3 is 15.2 Å². The van der Waals surface area contributed by atoms with Crippen molar-refractivity contribution in [3.05, 3.63) is 0 Å². The monoisotopic (exact) mass is 265 g/mol. The third kappa shape index (κ3) is 4.72. The zero-order valence-electron chi connectivity index (χ0n) is 9.78. The van der Waals surface area contributed by atoms with Gasteiger partial charge in [-0.25, -0.2) is 0 Å². The molecule has 104 valence electrons. The van der Waals surface area contributed by atoms with Crippen molar-refractivity contribution >= 4 is 0 Å². The van der Waals surface area contributed by atoms with Crippen LogP contribution in [0, 0.1) is 0 Å². The molecule has 2 N–H and O–H groups in total.